The Kier molecular flexibility index (Phi) is 3.04. The molecule has 0 bridgehead atoms. The van der Waals surface area contributed by atoms with Gasteiger partial charge in [-0.2, -0.15) is 0 Å². The first-order chi connectivity index (χ1) is 7.65. The van der Waals surface area contributed by atoms with E-state index in [-0.39, 0.29) is 24.3 Å². The highest BCUT2D eigenvalue weighted by Crippen LogP contribution is 2.32. The van der Waals surface area contributed by atoms with E-state index in [1.54, 1.807) is 12.3 Å². The summed E-state index contributed by atoms with van der Waals surface area (Å²) in [6.07, 6.45) is 2.73. The normalized spacial score (nSPS) is 34.2. The van der Waals surface area contributed by atoms with Gasteiger partial charge in [-0.15, -0.1) is 0 Å². The second-order valence-electron chi connectivity index (χ2n) is 4.12. The lowest BCUT2D eigenvalue weighted by Gasteiger charge is -2.19. The van der Waals surface area contributed by atoms with Crippen LogP contribution in [0.15, 0.2) is 23.3 Å². The third kappa shape index (κ3) is 1.75. The molecule has 4 N–H and O–H groups in total. The van der Waals surface area contributed by atoms with Gasteiger partial charge < -0.3 is 15.9 Å². The summed E-state index contributed by atoms with van der Waals surface area (Å²) in [6.45, 7) is -0.125. The van der Waals surface area contributed by atoms with Crippen molar-refractivity contribution in [3.8, 4) is 0 Å². The van der Waals surface area contributed by atoms with Gasteiger partial charge in [0.25, 0.3) is 0 Å². The van der Waals surface area contributed by atoms with Gasteiger partial charge >= 0.3 is 5.69 Å². The smallest absolute Gasteiger partial charge is 0.347 e. The van der Waals surface area contributed by atoms with E-state index in [0.717, 1.165) is 0 Å². The van der Waals surface area contributed by atoms with E-state index in [2.05, 4.69) is 4.98 Å². The lowest BCUT2D eigenvalue weighted by Crippen LogP contribution is -2.41. The Hall–Kier alpha value is -1.24. The number of hydrogen-bond acceptors (Lipinski definition) is 5. The molecular weight excluding hydrogens is 210 g/mol. The van der Waals surface area contributed by atoms with Crippen molar-refractivity contribution in [2.45, 2.75) is 24.6 Å². The Morgan fingerprint density at radius 2 is 2.38 bits per heavy atom. The molecule has 88 valence electrons. The summed E-state index contributed by atoms with van der Waals surface area (Å²) in [7, 11) is 0. The van der Waals surface area contributed by atoms with Crippen molar-refractivity contribution in [3.63, 3.8) is 0 Å². The third-order valence-corrected chi connectivity index (χ3v) is 3.20. The van der Waals surface area contributed by atoms with E-state index in [1.165, 1.54) is 10.8 Å². The van der Waals surface area contributed by atoms with Crippen LogP contribution >= 0.6 is 0 Å². The molecule has 0 saturated heterocycles. The summed E-state index contributed by atoms with van der Waals surface area (Å²) in [5, 5.41) is 18.8. The van der Waals surface area contributed by atoms with Gasteiger partial charge in [-0.05, 0) is 12.5 Å². The molecule has 0 amide bonds. The van der Waals surface area contributed by atoms with Gasteiger partial charge in [0.1, 0.15) is 0 Å². The van der Waals surface area contributed by atoms with E-state index in [0.29, 0.717) is 6.42 Å². The van der Waals surface area contributed by atoms with E-state index < -0.39 is 12.1 Å². The summed E-state index contributed by atoms with van der Waals surface area (Å²) >= 11 is 0. The monoisotopic (exact) mass is 225 g/mol. The molecule has 6 nitrogen and oxygen atoms in total. The lowest BCUT2D eigenvalue weighted by molar-refractivity contribution is 0.0800. The molecule has 4 atom stereocenters. The van der Waals surface area contributed by atoms with E-state index in [1.807, 2.05) is 0 Å². The average Bonchev–Trinajstić information content (AvgIpc) is 2.57. The maximum atomic E-state index is 11.5. The maximum Gasteiger partial charge on any atom is 0.347 e. The minimum absolute atomic E-state index is 0.125. The Morgan fingerprint density at radius 1 is 1.62 bits per heavy atom. The first kappa shape index (κ1) is 11.3. The van der Waals surface area contributed by atoms with Gasteiger partial charge in [0.15, 0.2) is 0 Å². The lowest BCUT2D eigenvalue weighted by atomic mass is 10.1. The Morgan fingerprint density at radius 3 is 2.94 bits per heavy atom. The highest BCUT2D eigenvalue weighted by Gasteiger charge is 2.41. The minimum Gasteiger partial charge on any atom is -0.396 e. The van der Waals surface area contributed by atoms with E-state index >= 15 is 0 Å². The van der Waals surface area contributed by atoms with Gasteiger partial charge in [0.05, 0.1) is 18.2 Å². The number of aliphatic hydroxyl groups excluding tert-OH is 2. The Balaban J connectivity index is 2.30. The van der Waals surface area contributed by atoms with Crippen molar-refractivity contribution in [1.82, 2.24) is 9.55 Å². The SMILES string of the molecule is NC1C(O)C(CO)CC1n1cccnc1=O. The van der Waals surface area contributed by atoms with Gasteiger partial charge in [-0.25, -0.2) is 9.78 Å². The summed E-state index contributed by atoms with van der Waals surface area (Å²) in [4.78, 5) is 15.1. The molecule has 4 unspecified atom stereocenters. The van der Waals surface area contributed by atoms with E-state index in [9.17, 15) is 9.90 Å². The van der Waals surface area contributed by atoms with Crippen molar-refractivity contribution in [2.24, 2.45) is 11.7 Å². The van der Waals surface area contributed by atoms with Gasteiger partial charge in [-0.1, -0.05) is 0 Å². The predicted octanol–water partition coefficient (Wildman–Crippen LogP) is -1.52. The molecule has 0 radical (unpaired) electrons. The molecule has 1 fully saturated rings. The van der Waals surface area contributed by atoms with Crippen molar-refractivity contribution >= 4 is 0 Å². The summed E-state index contributed by atoms with van der Waals surface area (Å²) in [5.41, 5.74) is 5.46. The van der Waals surface area contributed by atoms with Crippen LogP contribution in [0.2, 0.25) is 0 Å². The summed E-state index contributed by atoms with van der Waals surface area (Å²) < 4.78 is 1.42. The van der Waals surface area contributed by atoms with Crippen molar-refractivity contribution < 1.29 is 10.2 Å². The number of hydrogen-bond donors (Lipinski definition) is 3. The fraction of sp³-hybridized carbons (Fsp3) is 0.600. The van der Waals surface area contributed by atoms with Crippen molar-refractivity contribution in [2.75, 3.05) is 6.61 Å². The minimum atomic E-state index is -0.776. The summed E-state index contributed by atoms with van der Waals surface area (Å²) in [6, 6.07) is 0.805. The fourth-order valence-electron chi connectivity index (χ4n) is 2.25. The second-order valence-corrected chi connectivity index (χ2v) is 4.12. The van der Waals surface area contributed by atoms with Crippen LogP contribution in [0.3, 0.4) is 0 Å². The topological polar surface area (TPSA) is 101 Å². The largest absolute Gasteiger partial charge is 0.396 e. The molecule has 0 aromatic carbocycles. The first-order valence-electron chi connectivity index (χ1n) is 5.23. The van der Waals surface area contributed by atoms with Crippen molar-refractivity contribution in [3.05, 3.63) is 28.9 Å². The standard InChI is InChI=1S/C10H15N3O3/c11-8-7(4-6(5-14)9(8)15)13-3-1-2-12-10(13)16/h1-3,6-9,14-15H,4-5,11H2. The molecule has 1 saturated carbocycles. The molecule has 2 rings (SSSR count). The van der Waals surface area contributed by atoms with Crippen LogP contribution in [-0.2, 0) is 0 Å². The zero-order valence-corrected chi connectivity index (χ0v) is 8.73. The predicted molar refractivity (Wildman–Crippen MR) is 56.7 cm³/mol. The van der Waals surface area contributed by atoms with Crippen molar-refractivity contribution in [1.29, 1.82) is 0 Å². The van der Waals surface area contributed by atoms with Crippen LogP contribution in [0.1, 0.15) is 12.5 Å². The molecule has 1 heterocycles. The number of aromatic nitrogens is 2. The maximum absolute atomic E-state index is 11.5. The van der Waals surface area contributed by atoms with Gasteiger partial charge in [0, 0.05) is 24.9 Å². The molecule has 0 aliphatic heterocycles. The molecule has 1 aliphatic rings. The van der Waals surface area contributed by atoms with Crippen LogP contribution < -0.4 is 11.4 Å². The Bertz CT molecular complexity index is 420. The highest BCUT2D eigenvalue weighted by molar-refractivity contribution is 4.99. The van der Waals surface area contributed by atoms with Crippen LogP contribution in [0.25, 0.3) is 0 Å². The molecule has 0 spiro atoms. The van der Waals surface area contributed by atoms with Crippen LogP contribution in [0.5, 0.6) is 0 Å². The molecule has 1 aromatic heterocycles. The number of nitrogens with two attached hydrogens (primary N) is 1. The van der Waals surface area contributed by atoms with Crippen LogP contribution in [-0.4, -0.2) is 38.5 Å². The quantitative estimate of drug-likeness (QED) is 0.567. The number of rotatable bonds is 2. The number of aliphatic hydroxyl groups is 2. The molecule has 6 heteroatoms. The average molecular weight is 225 g/mol. The zero-order valence-electron chi connectivity index (χ0n) is 8.73. The fourth-order valence-corrected chi connectivity index (χ4v) is 2.25. The molecular formula is C10H15N3O3. The molecule has 1 aliphatic carbocycles. The zero-order chi connectivity index (χ0) is 11.7. The van der Waals surface area contributed by atoms with Crippen LogP contribution in [0.4, 0.5) is 0 Å². The second kappa shape index (κ2) is 4.32. The summed E-state index contributed by atoms with van der Waals surface area (Å²) in [5.74, 6) is -0.271. The first-order valence-corrected chi connectivity index (χ1v) is 5.23. The van der Waals surface area contributed by atoms with Crippen LogP contribution in [0, 0.1) is 5.92 Å². The highest BCUT2D eigenvalue weighted by atomic mass is 16.3. The molecule has 16 heavy (non-hydrogen) atoms. The van der Waals surface area contributed by atoms with Gasteiger partial charge in [-0.3, -0.25) is 4.57 Å². The molecule has 1 aromatic rings. The number of nitrogens with zero attached hydrogens (tertiary/aromatic N) is 2. The third-order valence-electron chi connectivity index (χ3n) is 3.20. The Labute approximate surface area is 92.4 Å². The van der Waals surface area contributed by atoms with E-state index in [4.69, 9.17) is 10.8 Å². The van der Waals surface area contributed by atoms with Gasteiger partial charge in [0.2, 0.25) is 0 Å².